The summed E-state index contributed by atoms with van der Waals surface area (Å²) in [6.45, 7) is 0.273. The van der Waals surface area contributed by atoms with Gasteiger partial charge in [0, 0.05) is 15.8 Å². The molecular weight excluding hydrogens is 417 g/mol. The Morgan fingerprint density at radius 3 is 2.37 bits per heavy atom. The fraction of sp³-hybridized carbons (Fsp3) is 0.0526. The Bertz CT molecular complexity index is 943. The van der Waals surface area contributed by atoms with E-state index in [1.54, 1.807) is 36.4 Å². The van der Waals surface area contributed by atoms with E-state index in [-0.39, 0.29) is 18.1 Å². The second-order valence-corrected chi connectivity index (χ2v) is 6.40. The van der Waals surface area contributed by atoms with E-state index in [0.29, 0.717) is 21.6 Å². The van der Waals surface area contributed by atoms with Gasteiger partial charge in [0.25, 0.3) is 5.91 Å². The summed E-state index contributed by atoms with van der Waals surface area (Å²) in [5.74, 6) is -0.298. The molecule has 0 bridgehead atoms. The first-order valence-corrected chi connectivity index (χ1v) is 8.74. The van der Waals surface area contributed by atoms with E-state index < -0.39 is 11.7 Å². The molecule has 0 radical (unpaired) electrons. The highest BCUT2D eigenvalue weighted by molar-refractivity contribution is 9.10. The van der Waals surface area contributed by atoms with E-state index in [2.05, 4.69) is 31.9 Å². The van der Waals surface area contributed by atoms with Crippen LogP contribution in [0.5, 0.6) is 0 Å². The van der Waals surface area contributed by atoms with Gasteiger partial charge in [-0.15, -0.1) is 0 Å². The highest BCUT2D eigenvalue weighted by Crippen LogP contribution is 2.20. The number of nitrogens with one attached hydrogen (secondary N) is 3. The molecule has 3 rings (SSSR count). The van der Waals surface area contributed by atoms with Gasteiger partial charge < -0.3 is 20.4 Å². The van der Waals surface area contributed by atoms with Crippen molar-refractivity contribution in [2.75, 3.05) is 10.6 Å². The van der Waals surface area contributed by atoms with E-state index in [9.17, 15) is 14.0 Å². The van der Waals surface area contributed by atoms with Crippen molar-refractivity contribution in [2.45, 2.75) is 6.54 Å². The van der Waals surface area contributed by atoms with Gasteiger partial charge in [-0.3, -0.25) is 4.79 Å². The van der Waals surface area contributed by atoms with E-state index in [1.807, 2.05) is 0 Å². The number of rotatable bonds is 5. The van der Waals surface area contributed by atoms with E-state index in [1.165, 1.54) is 18.4 Å². The van der Waals surface area contributed by atoms with Crippen molar-refractivity contribution in [1.82, 2.24) is 5.32 Å². The predicted octanol–water partition coefficient (Wildman–Crippen LogP) is 4.76. The molecule has 3 amide bonds. The average Bonchev–Trinajstić information content (AvgIpc) is 3.17. The van der Waals surface area contributed by atoms with Gasteiger partial charge in [0.15, 0.2) is 0 Å². The maximum atomic E-state index is 13.3. The minimum absolute atomic E-state index is 0.189. The van der Waals surface area contributed by atoms with Crippen LogP contribution in [-0.2, 0) is 6.54 Å². The van der Waals surface area contributed by atoms with Gasteiger partial charge in [0.2, 0.25) is 0 Å². The first kappa shape index (κ1) is 18.7. The molecule has 0 saturated heterocycles. The molecule has 0 saturated carbocycles. The Hall–Kier alpha value is -3.13. The Kier molecular flexibility index (Phi) is 5.87. The fourth-order valence-corrected chi connectivity index (χ4v) is 2.69. The second kappa shape index (κ2) is 8.50. The van der Waals surface area contributed by atoms with E-state index >= 15 is 0 Å². The molecule has 0 unspecified atom stereocenters. The molecular formula is C19H15BrFN3O3. The lowest BCUT2D eigenvalue weighted by Crippen LogP contribution is -2.27. The molecule has 6 nitrogen and oxygen atoms in total. The number of carbonyl (C=O) groups is 2. The molecule has 0 aliphatic heterocycles. The largest absolute Gasteiger partial charge is 0.467 e. The third-order valence-electron chi connectivity index (χ3n) is 3.58. The van der Waals surface area contributed by atoms with Crippen molar-refractivity contribution in [3.8, 4) is 0 Å². The molecule has 0 atom stereocenters. The number of halogens is 2. The molecule has 0 fully saturated rings. The summed E-state index contributed by atoms with van der Waals surface area (Å²) in [7, 11) is 0. The number of furan rings is 1. The molecule has 0 spiro atoms. The first-order valence-electron chi connectivity index (χ1n) is 7.95. The van der Waals surface area contributed by atoms with E-state index in [4.69, 9.17) is 4.42 Å². The fourth-order valence-electron chi connectivity index (χ4n) is 2.26. The van der Waals surface area contributed by atoms with Crippen LogP contribution in [0.4, 0.5) is 20.6 Å². The van der Waals surface area contributed by atoms with Gasteiger partial charge in [-0.25, -0.2) is 9.18 Å². The van der Waals surface area contributed by atoms with Crippen LogP contribution in [0.25, 0.3) is 0 Å². The summed E-state index contributed by atoms with van der Waals surface area (Å²) in [6, 6.07) is 13.5. The standard InChI is InChI=1S/C19H15BrFN3O3/c20-17-8-3-12(21)10-16(17)18(25)23-13-4-6-14(7-5-13)24-19(26)22-11-15-2-1-9-27-15/h1-10H,11H2,(H,23,25)(H2,22,24,26). The molecule has 27 heavy (non-hydrogen) atoms. The zero-order valence-corrected chi connectivity index (χ0v) is 15.5. The molecule has 138 valence electrons. The minimum atomic E-state index is -0.497. The third-order valence-corrected chi connectivity index (χ3v) is 4.27. The SMILES string of the molecule is O=C(NCc1ccco1)Nc1ccc(NC(=O)c2cc(F)ccc2Br)cc1. The normalized spacial score (nSPS) is 10.3. The van der Waals surface area contributed by atoms with Gasteiger partial charge in [-0.1, -0.05) is 0 Å². The molecule has 1 aromatic heterocycles. The predicted molar refractivity (Wildman–Crippen MR) is 103 cm³/mol. The zero-order chi connectivity index (χ0) is 19.2. The van der Waals surface area contributed by atoms with Gasteiger partial charge in [-0.05, 0) is 70.5 Å². The summed E-state index contributed by atoms with van der Waals surface area (Å²) >= 11 is 3.22. The summed E-state index contributed by atoms with van der Waals surface area (Å²) < 4.78 is 18.9. The number of amides is 3. The minimum Gasteiger partial charge on any atom is -0.467 e. The smallest absolute Gasteiger partial charge is 0.319 e. The van der Waals surface area contributed by atoms with Crippen molar-refractivity contribution in [3.05, 3.63) is 82.5 Å². The van der Waals surface area contributed by atoms with Crippen LogP contribution in [0, 0.1) is 5.82 Å². The quantitative estimate of drug-likeness (QED) is 0.544. The van der Waals surface area contributed by atoms with Crippen molar-refractivity contribution < 1.29 is 18.4 Å². The number of hydrogen-bond acceptors (Lipinski definition) is 3. The molecule has 3 aromatic rings. The summed E-state index contributed by atoms with van der Waals surface area (Å²) in [5, 5.41) is 8.00. The zero-order valence-electron chi connectivity index (χ0n) is 14.0. The first-order chi connectivity index (χ1) is 13.0. The summed E-state index contributed by atoms with van der Waals surface area (Å²) in [5.41, 5.74) is 1.25. The number of hydrogen-bond donors (Lipinski definition) is 3. The van der Waals surface area contributed by atoms with Crippen LogP contribution in [0.2, 0.25) is 0 Å². The third kappa shape index (κ3) is 5.18. The maximum absolute atomic E-state index is 13.3. The van der Waals surface area contributed by atoms with Crippen LogP contribution in [0.15, 0.2) is 69.8 Å². The molecule has 8 heteroatoms. The number of carbonyl (C=O) groups excluding carboxylic acids is 2. The molecule has 2 aromatic carbocycles. The van der Waals surface area contributed by atoms with Crippen LogP contribution in [-0.4, -0.2) is 11.9 Å². The second-order valence-electron chi connectivity index (χ2n) is 5.54. The molecule has 0 aliphatic carbocycles. The Labute approximate surface area is 162 Å². The maximum Gasteiger partial charge on any atom is 0.319 e. The lowest BCUT2D eigenvalue weighted by molar-refractivity contribution is 0.102. The van der Waals surface area contributed by atoms with Gasteiger partial charge >= 0.3 is 6.03 Å². The Balaban J connectivity index is 1.56. The summed E-state index contributed by atoms with van der Waals surface area (Å²) in [4.78, 5) is 24.1. The van der Waals surface area contributed by atoms with Crippen molar-refractivity contribution in [1.29, 1.82) is 0 Å². The topological polar surface area (TPSA) is 83.4 Å². The van der Waals surface area contributed by atoms with Gasteiger partial charge in [-0.2, -0.15) is 0 Å². The van der Waals surface area contributed by atoms with Crippen LogP contribution < -0.4 is 16.0 Å². The highest BCUT2D eigenvalue weighted by atomic mass is 79.9. The van der Waals surface area contributed by atoms with Gasteiger partial charge in [0.1, 0.15) is 11.6 Å². The molecule has 3 N–H and O–H groups in total. The van der Waals surface area contributed by atoms with Crippen molar-refractivity contribution >= 4 is 39.2 Å². The van der Waals surface area contributed by atoms with Crippen molar-refractivity contribution in [3.63, 3.8) is 0 Å². The highest BCUT2D eigenvalue weighted by Gasteiger charge is 2.11. The van der Waals surface area contributed by atoms with Crippen molar-refractivity contribution in [2.24, 2.45) is 0 Å². The number of benzene rings is 2. The summed E-state index contributed by atoms with van der Waals surface area (Å²) in [6.07, 6.45) is 1.53. The number of anilines is 2. The lowest BCUT2D eigenvalue weighted by Gasteiger charge is -2.09. The Morgan fingerprint density at radius 1 is 1.00 bits per heavy atom. The Morgan fingerprint density at radius 2 is 1.70 bits per heavy atom. The van der Waals surface area contributed by atoms with Crippen LogP contribution in [0.1, 0.15) is 16.1 Å². The van der Waals surface area contributed by atoms with E-state index in [0.717, 1.165) is 6.07 Å². The van der Waals surface area contributed by atoms with Crippen LogP contribution >= 0.6 is 15.9 Å². The molecule has 1 heterocycles. The van der Waals surface area contributed by atoms with Crippen LogP contribution in [0.3, 0.4) is 0 Å². The molecule has 0 aliphatic rings. The van der Waals surface area contributed by atoms with Gasteiger partial charge in [0.05, 0.1) is 18.4 Å². The average molecular weight is 432 g/mol. The lowest BCUT2D eigenvalue weighted by atomic mass is 10.2. The monoisotopic (exact) mass is 431 g/mol. The number of urea groups is 1.